The average Bonchev–Trinajstić information content (AvgIpc) is 2.61. The summed E-state index contributed by atoms with van der Waals surface area (Å²) in [5.41, 5.74) is 0. The van der Waals surface area contributed by atoms with Crippen LogP contribution in [-0.2, 0) is 13.6 Å². The molecule has 0 spiro atoms. The monoisotopic (exact) mass is 259 g/mol. The van der Waals surface area contributed by atoms with Crippen LogP contribution in [0.15, 0.2) is 6.20 Å². The number of hydrogen-bond donors (Lipinski definition) is 1. The number of halogens is 1. The normalized spacial score (nSPS) is 11.4. The van der Waals surface area contributed by atoms with Gasteiger partial charge in [-0.1, -0.05) is 31.4 Å². The van der Waals surface area contributed by atoms with Crippen LogP contribution in [0.5, 0.6) is 0 Å². The highest BCUT2D eigenvalue weighted by molar-refractivity contribution is 6.29. The van der Waals surface area contributed by atoms with E-state index in [1.165, 1.54) is 12.8 Å². The molecule has 0 bridgehead atoms. The van der Waals surface area contributed by atoms with Crippen LogP contribution in [0.4, 0.5) is 0 Å². The van der Waals surface area contributed by atoms with E-state index >= 15 is 0 Å². The second-order valence-corrected chi connectivity index (χ2v) is 4.65. The molecule has 0 aliphatic rings. The van der Waals surface area contributed by atoms with Crippen molar-refractivity contribution in [3.63, 3.8) is 0 Å². The number of nitrogens with zero attached hydrogens (tertiary/aromatic N) is 3. The number of imidazole rings is 1. The molecule has 1 rings (SSSR count). The Morgan fingerprint density at radius 1 is 1.41 bits per heavy atom. The predicted octanol–water partition coefficient (Wildman–Crippen LogP) is 2.06. The van der Waals surface area contributed by atoms with Gasteiger partial charge in [-0.25, -0.2) is 4.98 Å². The largest absolute Gasteiger partial charge is 0.395 e. The van der Waals surface area contributed by atoms with E-state index in [1.807, 2.05) is 11.6 Å². The van der Waals surface area contributed by atoms with Crippen LogP contribution in [0.3, 0.4) is 0 Å². The first-order chi connectivity index (χ1) is 8.19. The quantitative estimate of drug-likeness (QED) is 0.727. The van der Waals surface area contributed by atoms with Crippen molar-refractivity contribution >= 4 is 11.6 Å². The van der Waals surface area contributed by atoms with Gasteiger partial charge in [-0.2, -0.15) is 0 Å². The third kappa shape index (κ3) is 4.66. The fraction of sp³-hybridized carbons (Fsp3) is 0.750. The van der Waals surface area contributed by atoms with Gasteiger partial charge in [0.25, 0.3) is 0 Å². The summed E-state index contributed by atoms with van der Waals surface area (Å²) in [6.07, 6.45) is 5.26. The van der Waals surface area contributed by atoms with E-state index in [4.69, 9.17) is 16.7 Å². The maximum Gasteiger partial charge on any atom is 0.128 e. The predicted molar refractivity (Wildman–Crippen MR) is 70.1 cm³/mol. The topological polar surface area (TPSA) is 41.3 Å². The third-order valence-electron chi connectivity index (χ3n) is 2.89. The molecule has 1 aromatic rings. The van der Waals surface area contributed by atoms with Crippen LogP contribution in [0.25, 0.3) is 0 Å². The van der Waals surface area contributed by atoms with Gasteiger partial charge in [0.1, 0.15) is 11.0 Å². The summed E-state index contributed by atoms with van der Waals surface area (Å²) < 4.78 is 1.88. The summed E-state index contributed by atoms with van der Waals surface area (Å²) in [6.45, 7) is 4.81. The van der Waals surface area contributed by atoms with Gasteiger partial charge in [-0.15, -0.1) is 0 Å². The fourth-order valence-corrected chi connectivity index (χ4v) is 1.91. The smallest absolute Gasteiger partial charge is 0.128 e. The van der Waals surface area contributed by atoms with Crippen molar-refractivity contribution < 1.29 is 5.11 Å². The van der Waals surface area contributed by atoms with E-state index in [0.717, 1.165) is 25.3 Å². The van der Waals surface area contributed by atoms with E-state index in [0.29, 0.717) is 11.7 Å². The van der Waals surface area contributed by atoms with Gasteiger partial charge >= 0.3 is 0 Å². The molecule has 0 aromatic carbocycles. The van der Waals surface area contributed by atoms with Crippen molar-refractivity contribution in [3.8, 4) is 0 Å². The second kappa shape index (κ2) is 7.69. The lowest BCUT2D eigenvalue weighted by molar-refractivity contribution is 0.183. The van der Waals surface area contributed by atoms with Gasteiger partial charge in [-0.05, 0) is 13.0 Å². The second-order valence-electron chi connectivity index (χ2n) is 4.26. The van der Waals surface area contributed by atoms with Crippen molar-refractivity contribution in [1.82, 2.24) is 14.5 Å². The Balaban J connectivity index is 2.50. The Morgan fingerprint density at radius 3 is 2.71 bits per heavy atom. The molecule has 0 aliphatic carbocycles. The maximum atomic E-state index is 9.05. The zero-order valence-corrected chi connectivity index (χ0v) is 11.4. The first kappa shape index (κ1) is 14.5. The van der Waals surface area contributed by atoms with Crippen LogP contribution in [-0.4, -0.2) is 39.3 Å². The van der Waals surface area contributed by atoms with Gasteiger partial charge in [0.05, 0.1) is 19.3 Å². The molecule has 5 heteroatoms. The van der Waals surface area contributed by atoms with Crippen LogP contribution in [0.1, 0.15) is 32.0 Å². The molecule has 0 unspecified atom stereocenters. The number of hydrogen-bond acceptors (Lipinski definition) is 3. The minimum absolute atomic E-state index is 0.185. The van der Waals surface area contributed by atoms with Crippen molar-refractivity contribution in [2.24, 2.45) is 7.05 Å². The Labute approximate surface area is 108 Å². The van der Waals surface area contributed by atoms with E-state index in [-0.39, 0.29) is 6.61 Å². The van der Waals surface area contributed by atoms with E-state index in [9.17, 15) is 0 Å². The summed E-state index contributed by atoms with van der Waals surface area (Å²) >= 11 is 5.95. The Morgan fingerprint density at radius 2 is 2.18 bits per heavy atom. The maximum absolute atomic E-state index is 9.05. The lowest BCUT2D eigenvalue weighted by Crippen LogP contribution is -2.28. The van der Waals surface area contributed by atoms with Crippen LogP contribution in [0, 0.1) is 0 Å². The third-order valence-corrected chi connectivity index (χ3v) is 3.24. The minimum Gasteiger partial charge on any atom is -0.395 e. The highest BCUT2D eigenvalue weighted by atomic mass is 35.5. The van der Waals surface area contributed by atoms with Gasteiger partial charge in [0, 0.05) is 13.6 Å². The molecule has 17 heavy (non-hydrogen) atoms. The number of rotatable bonds is 8. The summed E-state index contributed by atoms with van der Waals surface area (Å²) in [7, 11) is 1.91. The number of aromatic nitrogens is 2. The van der Waals surface area contributed by atoms with Gasteiger partial charge in [0.2, 0.25) is 0 Å². The average molecular weight is 260 g/mol. The Bertz CT molecular complexity index is 328. The number of unbranched alkanes of at least 4 members (excludes halogenated alkanes) is 2. The minimum atomic E-state index is 0.185. The van der Waals surface area contributed by atoms with E-state index in [1.54, 1.807) is 6.20 Å². The van der Waals surface area contributed by atoms with Crippen molar-refractivity contribution in [2.75, 3.05) is 19.7 Å². The molecule has 0 radical (unpaired) electrons. The molecule has 0 atom stereocenters. The molecule has 1 heterocycles. The van der Waals surface area contributed by atoms with Crippen molar-refractivity contribution in [2.45, 2.75) is 32.7 Å². The molecule has 0 saturated heterocycles. The van der Waals surface area contributed by atoms with Crippen LogP contribution < -0.4 is 0 Å². The zero-order valence-electron chi connectivity index (χ0n) is 10.7. The van der Waals surface area contributed by atoms with Crippen LogP contribution >= 0.6 is 11.6 Å². The standard InChI is InChI=1S/C12H22ClN3O/c1-3-4-5-6-16(7-8-17)10-12-14-9-11(13)15(12)2/h9,17H,3-8,10H2,1-2H3. The molecule has 1 aromatic heterocycles. The first-order valence-electron chi connectivity index (χ1n) is 6.18. The van der Waals surface area contributed by atoms with Crippen LogP contribution in [0.2, 0.25) is 5.15 Å². The molecule has 0 aliphatic heterocycles. The van der Waals surface area contributed by atoms with E-state index in [2.05, 4.69) is 16.8 Å². The SMILES string of the molecule is CCCCCN(CCO)Cc1ncc(Cl)n1C. The molecule has 1 N–H and O–H groups in total. The Hall–Kier alpha value is -0.580. The lowest BCUT2D eigenvalue weighted by atomic mass is 10.2. The molecular formula is C12H22ClN3O. The number of aliphatic hydroxyl groups excluding tert-OH is 1. The van der Waals surface area contributed by atoms with Crippen molar-refractivity contribution in [1.29, 1.82) is 0 Å². The van der Waals surface area contributed by atoms with Gasteiger partial charge in [0.15, 0.2) is 0 Å². The molecular weight excluding hydrogens is 238 g/mol. The summed E-state index contributed by atoms with van der Waals surface area (Å²) in [5, 5.41) is 9.70. The Kier molecular flexibility index (Phi) is 6.55. The zero-order chi connectivity index (χ0) is 12.7. The fourth-order valence-electron chi connectivity index (χ4n) is 1.77. The molecule has 0 amide bonds. The molecule has 4 nitrogen and oxygen atoms in total. The highest BCUT2D eigenvalue weighted by Gasteiger charge is 2.10. The van der Waals surface area contributed by atoms with Gasteiger partial charge < -0.3 is 9.67 Å². The van der Waals surface area contributed by atoms with Crippen molar-refractivity contribution in [3.05, 3.63) is 17.2 Å². The first-order valence-corrected chi connectivity index (χ1v) is 6.56. The lowest BCUT2D eigenvalue weighted by Gasteiger charge is -2.20. The summed E-state index contributed by atoms with van der Waals surface area (Å²) in [6, 6.07) is 0. The summed E-state index contributed by atoms with van der Waals surface area (Å²) in [5.74, 6) is 0.944. The number of aliphatic hydroxyl groups is 1. The molecule has 0 fully saturated rings. The highest BCUT2D eigenvalue weighted by Crippen LogP contribution is 2.11. The van der Waals surface area contributed by atoms with Gasteiger partial charge in [-0.3, -0.25) is 4.90 Å². The molecule has 0 saturated carbocycles. The van der Waals surface area contributed by atoms with E-state index < -0.39 is 0 Å². The molecule has 98 valence electrons. The summed E-state index contributed by atoms with van der Waals surface area (Å²) in [4.78, 5) is 6.49.